The lowest BCUT2D eigenvalue weighted by molar-refractivity contribution is 0.510. The van der Waals surface area contributed by atoms with Crippen molar-refractivity contribution in [3.8, 4) is 0 Å². The minimum absolute atomic E-state index is 0.414. The second-order valence-electron chi connectivity index (χ2n) is 5.48. The predicted octanol–water partition coefficient (Wildman–Crippen LogP) is 2.18. The summed E-state index contributed by atoms with van der Waals surface area (Å²) >= 11 is 0. The third-order valence-corrected chi connectivity index (χ3v) is 3.38. The van der Waals surface area contributed by atoms with Crippen molar-refractivity contribution in [2.75, 3.05) is 13.1 Å². The van der Waals surface area contributed by atoms with Gasteiger partial charge in [0.2, 0.25) is 0 Å². The molecule has 1 aromatic rings. The number of hydrogen-bond acceptors (Lipinski definition) is 2. The zero-order chi connectivity index (χ0) is 13.0. The Labute approximate surface area is 109 Å². The Kier molecular flexibility index (Phi) is 3.94. The summed E-state index contributed by atoms with van der Waals surface area (Å²) < 4.78 is 5.29. The summed E-state index contributed by atoms with van der Waals surface area (Å²) in [5.74, 6) is 1.90. The van der Waals surface area contributed by atoms with E-state index in [-0.39, 0.29) is 0 Å². The Balaban J connectivity index is 1.81. The van der Waals surface area contributed by atoms with E-state index < -0.39 is 0 Å². The van der Waals surface area contributed by atoms with Crippen LogP contribution in [0.2, 0.25) is 0 Å². The Hall–Kier alpha value is -1.45. The largest absolute Gasteiger partial charge is 0.469 e. The number of furan rings is 1. The van der Waals surface area contributed by atoms with Crippen LogP contribution in [0.4, 0.5) is 0 Å². The topological polar surface area (TPSA) is 49.6 Å². The van der Waals surface area contributed by atoms with E-state index in [4.69, 9.17) is 4.42 Å². The Morgan fingerprint density at radius 2 is 2.33 bits per heavy atom. The molecule has 1 aliphatic carbocycles. The van der Waals surface area contributed by atoms with E-state index in [0.29, 0.717) is 11.5 Å². The second kappa shape index (κ2) is 5.46. The van der Waals surface area contributed by atoms with Gasteiger partial charge in [-0.15, -0.1) is 0 Å². The predicted molar refractivity (Wildman–Crippen MR) is 73.7 cm³/mol. The van der Waals surface area contributed by atoms with Crippen LogP contribution in [0, 0.1) is 5.41 Å². The van der Waals surface area contributed by atoms with E-state index in [2.05, 4.69) is 36.4 Å². The second-order valence-corrected chi connectivity index (χ2v) is 5.48. The van der Waals surface area contributed by atoms with Crippen molar-refractivity contribution in [3.05, 3.63) is 24.2 Å². The van der Waals surface area contributed by atoms with Crippen LogP contribution < -0.4 is 10.6 Å². The lowest BCUT2D eigenvalue weighted by atomic mass is 10.2. The molecule has 0 amide bonds. The molecule has 1 heterocycles. The van der Waals surface area contributed by atoms with E-state index in [0.717, 1.165) is 31.2 Å². The zero-order valence-corrected chi connectivity index (χ0v) is 11.5. The molecule has 1 aliphatic rings. The van der Waals surface area contributed by atoms with Gasteiger partial charge in [-0.05, 0) is 30.9 Å². The van der Waals surface area contributed by atoms with Crippen LogP contribution in [0.15, 0.2) is 27.8 Å². The van der Waals surface area contributed by atoms with Gasteiger partial charge in [0.05, 0.1) is 6.26 Å². The first-order valence-electron chi connectivity index (χ1n) is 6.69. The molecule has 0 bridgehead atoms. The maximum atomic E-state index is 5.29. The average Bonchev–Trinajstić information content (AvgIpc) is 2.75. The molecular formula is C14H23N3O. The highest BCUT2D eigenvalue weighted by Gasteiger charge is 2.46. The lowest BCUT2D eigenvalue weighted by Gasteiger charge is -2.12. The standard InChI is InChI=1S/C14H23N3O/c1-4-15-13(17-12-10-14(12,2)3)16-8-7-11-6-5-9-18-11/h5-6,9,12H,4,7-8,10H2,1-3H3,(H2,15,16,17). The monoisotopic (exact) mass is 249 g/mol. The van der Waals surface area contributed by atoms with Crippen LogP contribution in [0.3, 0.4) is 0 Å². The molecule has 1 unspecified atom stereocenters. The van der Waals surface area contributed by atoms with E-state index in [1.165, 1.54) is 6.42 Å². The van der Waals surface area contributed by atoms with E-state index in [1.54, 1.807) is 6.26 Å². The fraction of sp³-hybridized carbons (Fsp3) is 0.643. The van der Waals surface area contributed by atoms with Gasteiger partial charge in [-0.2, -0.15) is 0 Å². The van der Waals surface area contributed by atoms with Crippen LogP contribution in [0.1, 0.15) is 33.0 Å². The molecule has 0 radical (unpaired) electrons. The normalized spacial score (nSPS) is 21.7. The van der Waals surface area contributed by atoms with Crippen LogP contribution in [0.25, 0.3) is 0 Å². The van der Waals surface area contributed by atoms with Crippen molar-refractivity contribution in [3.63, 3.8) is 0 Å². The molecule has 4 heteroatoms. The molecule has 18 heavy (non-hydrogen) atoms. The quantitative estimate of drug-likeness (QED) is 0.621. The highest BCUT2D eigenvalue weighted by atomic mass is 16.3. The third-order valence-electron chi connectivity index (χ3n) is 3.38. The van der Waals surface area contributed by atoms with Crippen molar-refractivity contribution >= 4 is 5.96 Å². The van der Waals surface area contributed by atoms with E-state index in [9.17, 15) is 0 Å². The maximum absolute atomic E-state index is 5.29. The van der Waals surface area contributed by atoms with E-state index >= 15 is 0 Å². The van der Waals surface area contributed by atoms with Crippen LogP contribution in [-0.4, -0.2) is 25.1 Å². The zero-order valence-electron chi connectivity index (χ0n) is 11.5. The number of nitrogens with one attached hydrogen (secondary N) is 2. The molecule has 2 N–H and O–H groups in total. The van der Waals surface area contributed by atoms with Gasteiger partial charge in [-0.25, -0.2) is 0 Å². The summed E-state index contributed by atoms with van der Waals surface area (Å²) in [5.41, 5.74) is 0.414. The SMILES string of the molecule is CCNC(=NCCc1ccco1)NC1CC1(C)C. The van der Waals surface area contributed by atoms with Crippen LogP contribution in [0.5, 0.6) is 0 Å². The maximum Gasteiger partial charge on any atom is 0.191 e. The summed E-state index contributed by atoms with van der Waals surface area (Å²) in [6, 6.07) is 4.45. The molecule has 2 rings (SSSR count). The molecule has 0 saturated heterocycles. The van der Waals surface area contributed by atoms with Gasteiger partial charge in [-0.3, -0.25) is 4.99 Å². The Morgan fingerprint density at radius 1 is 1.56 bits per heavy atom. The summed E-state index contributed by atoms with van der Waals surface area (Å²) in [6.45, 7) is 8.27. The highest BCUT2D eigenvalue weighted by molar-refractivity contribution is 5.80. The number of aliphatic imine (C=N–C) groups is 1. The average molecular weight is 249 g/mol. The molecule has 1 atom stereocenters. The number of guanidine groups is 1. The molecule has 0 aromatic carbocycles. The fourth-order valence-corrected chi connectivity index (χ4v) is 1.93. The third kappa shape index (κ3) is 3.52. The van der Waals surface area contributed by atoms with Gasteiger partial charge < -0.3 is 15.1 Å². The molecule has 0 aliphatic heterocycles. The summed E-state index contributed by atoms with van der Waals surface area (Å²) in [7, 11) is 0. The van der Waals surface area contributed by atoms with Crippen molar-refractivity contribution in [2.45, 2.75) is 39.7 Å². The first-order chi connectivity index (χ1) is 8.62. The minimum atomic E-state index is 0.414. The van der Waals surface area contributed by atoms with Gasteiger partial charge in [0, 0.05) is 25.6 Å². The summed E-state index contributed by atoms with van der Waals surface area (Å²) in [6.07, 6.45) is 3.77. The molecule has 1 fully saturated rings. The molecule has 4 nitrogen and oxygen atoms in total. The molecule has 100 valence electrons. The first kappa shape index (κ1) is 13.0. The van der Waals surface area contributed by atoms with Gasteiger partial charge in [0.1, 0.15) is 5.76 Å². The first-order valence-corrected chi connectivity index (χ1v) is 6.69. The summed E-state index contributed by atoms with van der Waals surface area (Å²) in [4.78, 5) is 4.57. The van der Waals surface area contributed by atoms with Crippen LogP contribution in [-0.2, 0) is 6.42 Å². The highest BCUT2D eigenvalue weighted by Crippen LogP contribution is 2.44. The van der Waals surface area contributed by atoms with Crippen molar-refractivity contribution in [1.82, 2.24) is 10.6 Å². The number of rotatable bonds is 5. The fourth-order valence-electron chi connectivity index (χ4n) is 1.93. The van der Waals surface area contributed by atoms with E-state index in [1.807, 2.05) is 12.1 Å². The Morgan fingerprint density at radius 3 is 2.89 bits per heavy atom. The van der Waals surface area contributed by atoms with Gasteiger partial charge >= 0.3 is 0 Å². The smallest absolute Gasteiger partial charge is 0.191 e. The van der Waals surface area contributed by atoms with Crippen LogP contribution >= 0.6 is 0 Å². The molecule has 1 saturated carbocycles. The summed E-state index contributed by atoms with van der Waals surface area (Å²) in [5, 5.41) is 6.75. The van der Waals surface area contributed by atoms with Crippen molar-refractivity contribution in [1.29, 1.82) is 0 Å². The molecular weight excluding hydrogens is 226 g/mol. The lowest BCUT2D eigenvalue weighted by Crippen LogP contribution is -2.40. The van der Waals surface area contributed by atoms with Crippen molar-refractivity contribution in [2.24, 2.45) is 10.4 Å². The molecule has 0 spiro atoms. The minimum Gasteiger partial charge on any atom is -0.469 e. The molecule has 1 aromatic heterocycles. The Bertz CT molecular complexity index is 395. The van der Waals surface area contributed by atoms with Crippen molar-refractivity contribution < 1.29 is 4.42 Å². The number of nitrogens with zero attached hydrogens (tertiary/aromatic N) is 1. The number of hydrogen-bond donors (Lipinski definition) is 2. The van der Waals surface area contributed by atoms with Gasteiger partial charge in [-0.1, -0.05) is 13.8 Å². The van der Waals surface area contributed by atoms with Gasteiger partial charge in [0.15, 0.2) is 5.96 Å². The van der Waals surface area contributed by atoms with Gasteiger partial charge in [0.25, 0.3) is 0 Å².